The number of piperidine rings is 2. The van der Waals surface area contributed by atoms with Crippen molar-refractivity contribution in [2.45, 2.75) is 70.9 Å². The molecule has 2 aliphatic heterocycles. The zero-order valence-corrected chi connectivity index (χ0v) is 19.8. The van der Waals surface area contributed by atoms with Crippen LogP contribution in [-0.2, 0) is 0 Å². The molecular weight excluding hydrogens is 453 g/mol. The number of hydrogen-bond donors (Lipinski definition) is 3. The third-order valence-corrected chi connectivity index (χ3v) is 5.72. The van der Waals surface area contributed by atoms with Gasteiger partial charge in [-0.3, -0.25) is 9.89 Å². The molecule has 0 bridgehead atoms. The lowest BCUT2D eigenvalue weighted by molar-refractivity contribution is 0.0824. The van der Waals surface area contributed by atoms with Crippen LogP contribution in [0.1, 0.15) is 58.8 Å². The van der Waals surface area contributed by atoms with E-state index in [0.717, 1.165) is 77.1 Å². The second kappa shape index (κ2) is 14.8. The molecule has 2 aliphatic rings. The molecule has 160 valence electrons. The second-order valence-corrected chi connectivity index (χ2v) is 7.71. The topological polar surface area (TPSA) is 63.1 Å². The third kappa shape index (κ3) is 9.76. The molecule has 2 saturated heterocycles. The smallest absolute Gasteiger partial charge is 0.191 e. The van der Waals surface area contributed by atoms with Crippen LogP contribution in [0.3, 0.4) is 0 Å². The first kappa shape index (κ1) is 24.9. The van der Waals surface area contributed by atoms with Gasteiger partial charge >= 0.3 is 0 Å². The summed E-state index contributed by atoms with van der Waals surface area (Å²) in [4.78, 5) is 9.83. The Morgan fingerprint density at radius 1 is 1.04 bits per heavy atom. The minimum Gasteiger partial charge on any atom is -0.393 e. The second-order valence-electron chi connectivity index (χ2n) is 7.71. The number of likely N-dealkylation sites (tertiary alicyclic amines) is 2. The van der Waals surface area contributed by atoms with Crippen molar-refractivity contribution < 1.29 is 5.11 Å². The van der Waals surface area contributed by atoms with Crippen molar-refractivity contribution in [3.05, 3.63) is 0 Å². The average Bonchev–Trinajstić information content (AvgIpc) is 2.67. The molecule has 0 radical (unpaired) electrons. The Hall–Kier alpha value is -0.120. The normalized spacial score (nSPS) is 23.1. The summed E-state index contributed by atoms with van der Waals surface area (Å²) in [5.74, 6) is 0.951. The number of guanidine groups is 1. The molecule has 3 N–H and O–H groups in total. The highest BCUT2D eigenvalue weighted by molar-refractivity contribution is 14.0. The van der Waals surface area contributed by atoms with Gasteiger partial charge in [-0.25, -0.2) is 0 Å². The zero-order chi connectivity index (χ0) is 18.6. The van der Waals surface area contributed by atoms with Crippen LogP contribution in [0.2, 0.25) is 0 Å². The van der Waals surface area contributed by atoms with Gasteiger partial charge in [-0.1, -0.05) is 13.3 Å². The van der Waals surface area contributed by atoms with E-state index >= 15 is 0 Å². The van der Waals surface area contributed by atoms with Gasteiger partial charge < -0.3 is 20.6 Å². The Labute approximate surface area is 183 Å². The van der Waals surface area contributed by atoms with Gasteiger partial charge in [-0.15, -0.1) is 24.0 Å². The first-order valence-corrected chi connectivity index (χ1v) is 10.9. The fraction of sp³-hybridized carbons (Fsp3) is 0.950. The highest BCUT2D eigenvalue weighted by Gasteiger charge is 2.20. The van der Waals surface area contributed by atoms with Crippen LogP contribution in [0.25, 0.3) is 0 Å². The number of nitrogens with one attached hydrogen (secondary N) is 2. The summed E-state index contributed by atoms with van der Waals surface area (Å²) in [6.45, 7) is 12.6. The highest BCUT2D eigenvalue weighted by Crippen LogP contribution is 2.18. The SMILES string of the molecule is CCNC(=NCCCN1CCC(O)CC1)NCCN1CCCCC1CC.I. The van der Waals surface area contributed by atoms with Crippen molar-refractivity contribution in [1.82, 2.24) is 20.4 Å². The quantitative estimate of drug-likeness (QED) is 0.198. The van der Waals surface area contributed by atoms with Gasteiger partial charge in [0.2, 0.25) is 0 Å². The molecule has 0 aromatic carbocycles. The molecule has 0 aliphatic carbocycles. The monoisotopic (exact) mass is 495 g/mol. The van der Waals surface area contributed by atoms with Crippen LogP contribution in [-0.4, -0.2) is 85.4 Å². The van der Waals surface area contributed by atoms with Crippen molar-refractivity contribution in [2.75, 3.05) is 52.4 Å². The van der Waals surface area contributed by atoms with Gasteiger partial charge in [0.25, 0.3) is 0 Å². The summed E-state index contributed by atoms with van der Waals surface area (Å²) >= 11 is 0. The lowest BCUT2D eigenvalue weighted by Gasteiger charge is -2.35. The van der Waals surface area contributed by atoms with E-state index in [4.69, 9.17) is 4.99 Å². The first-order valence-electron chi connectivity index (χ1n) is 10.9. The molecule has 0 amide bonds. The predicted octanol–water partition coefficient (Wildman–Crippen LogP) is 2.27. The van der Waals surface area contributed by atoms with E-state index in [2.05, 4.69) is 34.3 Å². The van der Waals surface area contributed by atoms with E-state index in [9.17, 15) is 5.11 Å². The number of rotatable bonds is 9. The summed E-state index contributed by atoms with van der Waals surface area (Å²) in [6, 6.07) is 0.771. The van der Waals surface area contributed by atoms with Crippen LogP contribution in [0.5, 0.6) is 0 Å². The number of halogens is 1. The molecule has 2 heterocycles. The Morgan fingerprint density at radius 3 is 2.52 bits per heavy atom. The predicted molar refractivity (Wildman–Crippen MR) is 125 cm³/mol. The lowest BCUT2D eigenvalue weighted by atomic mass is 10.0. The van der Waals surface area contributed by atoms with Crippen LogP contribution >= 0.6 is 24.0 Å². The van der Waals surface area contributed by atoms with Crippen LogP contribution in [0.4, 0.5) is 0 Å². The van der Waals surface area contributed by atoms with Gasteiger partial charge in [0, 0.05) is 45.3 Å². The fourth-order valence-corrected chi connectivity index (χ4v) is 4.10. The van der Waals surface area contributed by atoms with E-state index in [1.807, 2.05) is 0 Å². The molecule has 2 fully saturated rings. The molecule has 2 rings (SSSR count). The minimum atomic E-state index is -0.0824. The molecule has 0 spiro atoms. The molecule has 6 nitrogen and oxygen atoms in total. The van der Waals surface area contributed by atoms with Crippen molar-refractivity contribution in [3.63, 3.8) is 0 Å². The summed E-state index contributed by atoms with van der Waals surface area (Å²) in [6.07, 6.45) is 8.20. The lowest BCUT2D eigenvalue weighted by Crippen LogP contribution is -2.46. The number of aliphatic hydroxyl groups is 1. The summed E-state index contributed by atoms with van der Waals surface area (Å²) in [5, 5.41) is 16.4. The van der Waals surface area contributed by atoms with Gasteiger partial charge in [-0.05, 0) is 58.5 Å². The van der Waals surface area contributed by atoms with Gasteiger partial charge in [0.15, 0.2) is 5.96 Å². The maximum Gasteiger partial charge on any atom is 0.191 e. The largest absolute Gasteiger partial charge is 0.393 e. The van der Waals surface area contributed by atoms with Crippen molar-refractivity contribution in [2.24, 2.45) is 4.99 Å². The van der Waals surface area contributed by atoms with Gasteiger partial charge in [0.1, 0.15) is 0 Å². The Bertz CT molecular complexity index is 402. The molecule has 7 heteroatoms. The maximum atomic E-state index is 9.57. The zero-order valence-electron chi connectivity index (χ0n) is 17.5. The summed E-state index contributed by atoms with van der Waals surface area (Å²) < 4.78 is 0. The number of aliphatic hydroxyl groups excluding tert-OH is 1. The Balaban J connectivity index is 0.00000364. The number of hydrogen-bond acceptors (Lipinski definition) is 4. The maximum absolute atomic E-state index is 9.57. The standard InChI is InChI=1S/C20H41N5O.HI/c1-3-18-8-5-6-14-25(18)17-12-23-20(21-4-2)22-11-7-13-24-15-9-19(26)10-16-24;/h18-19,26H,3-17H2,1-2H3,(H2,21,22,23);1H. The molecule has 27 heavy (non-hydrogen) atoms. The molecule has 1 atom stereocenters. The van der Waals surface area contributed by atoms with Gasteiger partial charge in [0.05, 0.1) is 6.10 Å². The number of aliphatic imine (C=N–C) groups is 1. The Morgan fingerprint density at radius 2 is 1.81 bits per heavy atom. The average molecular weight is 495 g/mol. The highest BCUT2D eigenvalue weighted by atomic mass is 127. The van der Waals surface area contributed by atoms with E-state index in [1.165, 1.54) is 32.2 Å². The van der Waals surface area contributed by atoms with Crippen molar-refractivity contribution in [3.8, 4) is 0 Å². The Kier molecular flexibility index (Phi) is 13.7. The van der Waals surface area contributed by atoms with E-state index in [0.29, 0.717) is 0 Å². The van der Waals surface area contributed by atoms with E-state index in [-0.39, 0.29) is 30.1 Å². The van der Waals surface area contributed by atoms with Gasteiger partial charge in [-0.2, -0.15) is 0 Å². The third-order valence-electron chi connectivity index (χ3n) is 5.72. The van der Waals surface area contributed by atoms with Crippen LogP contribution in [0.15, 0.2) is 4.99 Å². The number of nitrogens with zero attached hydrogens (tertiary/aromatic N) is 3. The molecule has 0 saturated carbocycles. The van der Waals surface area contributed by atoms with Crippen molar-refractivity contribution in [1.29, 1.82) is 0 Å². The molecule has 1 unspecified atom stereocenters. The summed E-state index contributed by atoms with van der Waals surface area (Å²) in [5.41, 5.74) is 0. The van der Waals surface area contributed by atoms with Crippen LogP contribution < -0.4 is 10.6 Å². The van der Waals surface area contributed by atoms with E-state index < -0.39 is 0 Å². The first-order chi connectivity index (χ1) is 12.7. The fourth-order valence-electron chi connectivity index (χ4n) is 4.10. The summed E-state index contributed by atoms with van der Waals surface area (Å²) in [7, 11) is 0. The minimum absolute atomic E-state index is 0. The molecule has 0 aromatic heterocycles. The van der Waals surface area contributed by atoms with Crippen molar-refractivity contribution >= 4 is 29.9 Å². The van der Waals surface area contributed by atoms with Crippen LogP contribution in [0, 0.1) is 0 Å². The molecule has 0 aromatic rings. The molecular formula is C20H42IN5O. The van der Waals surface area contributed by atoms with E-state index in [1.54, 1.807) is 0 Å².